The summed E-state index contributed by atoms with van der Waals surface area (Å²) in [6.07, 6.45) is 12.7. The van der Waals surface area contributed by atoms with Crippen molar-refractivity contribution < 1.29 is 0 Å². The van der Waals surface area contributed by atoms with Gasteiger partial charge in [-0.1, -0.05) is 132 Å². The highest BCUT2D eigenvalue weighted by molar-refractivity contribution is 5.67. The highest BCUT2D eigenvalue weighted by atomic mass is 15.1. The molecule has 0 amide bonds. The zero-order chi connectivity index (χ0) is 50.8. The Morgan fingerprint density at radius 2 is 0.603 bits per heavy atom. The van der Waals surface area contributed by atoms with Crippen molar-refractivity contribution in [2.24, 2.45) is 0 Å². The summed E-state index contributed by atoms with van der Waals surface area (Å²) >= 11 is 0. The topological polar surface area (TPSA) is 53.5 Å². The number of aryl methyl sites for hydroxylation is 9. The van der Waals surface area contributed by atoms with Crippen molar-refractivity contribution in [3.63, 3.8) is 0 Å². The molecule has 0 aliphatic rings. The van der Waals surface area contributed by atoms with Crippen molar-refractivity contribution >= 4 is 0 Å². The van der Waals surface area contributed by atoms with Crippen molar-refractivity contribution in [1.82, 2.24) is 28.7 Å². The zero-order valence-electron chi connectivity index (χ0n) is 43.0. The normalized spacial score (nSPS) is 10.8. The minimum Gasteiger partial charge on any atom is -0.299 e. The number of aromatic nitrogens is 6. The third kappa shape index (κ3) is 10.1. The lowest BCUT2D eigenvalue weighted by Crippen LogP contribution is -2.04. The molecule has 10 rings (SSSR count). The molecule has 354 valence electrons. The van der Waals surface area contributed by atoms with Gasteiger partial charge in [0.15, 0.2) is 0 Å². The second-order valence-electron chi connectivity index (χ2n) is 19.1. The van der Waals surface area contributed by atoms with Crippen LogP contribution in [0.3, 0.4) is 0 Å². The molecule has 3 aromatic heterocycles. The molecule has 0 atom stereocenters. The summed E-state index contributed by atoms with van der Waals surface area (Å²) in [5, 5.41) is 0. The zero-order valence-corrected chi connectivity index (χ0v) is 43.0. The van der Waals surface area contributed by atoms with Crippen molar-refractivity contribution in [1.29, 1.82) is 0 Å². The molecule has 10 aromatic rings. The third-order valence-electron chi connectivity index (χ3n) is 13.2. The van der Waals surface area contributed by atoms with Gasteiger partial charge in [0.25, 0.3) is 0 Å². The number of hydrogen-bond acceptors (Lipinski definition) is 3. The van der Waals surface area contributed by atoms with Crippen LogP contribution in [-0.4, -0.2) is 28.7 Å². The molecule has 6 heteroatoms. The first-order chi connectivity index (χ1) is 35.4. The van der Waals surface area contributed by atoms with E-state index >= 15 is 0 Å². The van der Waals surface area contributed by atoms with Gasteiger partial charge < -0.3 is 0 Å². The summed E-state index contributed by atoms with van der Waals surface area (Å²) < 4.78 is 6.56. The molecule has 0 saturated heterocycles. The van der Waals surface area contributed by atoms with E-state index in [1.165, 1.54) is 55.8 Å². The molecule has 0 bridgehead atoms. The SMILES string of the molecule is CCc1cc(C)cc(C)c1-n1ccnc1-c1ccc(C#Cc2cc(C#Cc3ccc(-c4nccn4-c4c(C)cc(C)cc4C)cc3)cc(C#Cc3ccc(-c4nccn4-c4c(C)cc(C)cc4C)cc3)c2)cc1. The molecule has 7 aromatic carbocycles. The number of imidazole rings is 3. The predicted octanol–water partition coefficient (Wildman–Crippen LogP) is 14.5. The van der Waals surface area contributed by atoms with Crippen LogP contribution in [0.1, 0.15) is 90.4 Å². The summed E-state index contributed by atoms with van der Waals surface area (Å²) in [6, 6.07) is 44.4. The van der Waals surface area contributed by atoms with Gasteiger partial charge in [-0.3, -0.25) is 13.7 Å². The van der Waals surface area contributed by atoms with E-state index in [4.69, 9.17) is 15.0 Å². The van der Waals surface area contributed by atoms with Crippen LogP contribution >= 0.6 is 0 Å². The third-order valence-corrected chi connectivity index (χ3v) is 13.2. The minimum atomic E-state index is 0.824. The van der Waals surface area contributed by atoms with Crippen LogP contribution in [0.2, 0.25) is 0 Å². The Hall–Kier alpha value is -9.15. The number of hydrogen-bond donors (Lipinski definition) is 0. The predicted molar refractivity (Wildman–Crippen MR) is 299 cm³/mol. The van der Waals surface area contributed by atoms with Gasteiger partial charge in [0.1, 0.15) is 17.5 Å². The molecule has 3 heterocycles. The highest BCUT2D eigenvalue weighted by Gasteiger charge is 2.16. The van der Waals surface area contributed by atoms with Crippen LogP contribution in [0.5, 0.6) is 0 Å². The molecule has 0 saturated carbocycles. The molecule has 0 radical (unpaired) electrons. The van der Waals surface area contributed by atoms with Crippen molar-refractivity contribution in [2.45, 2.75) is 68.7 Å². The van der Waals surface area contributed by atoms with Gasteiger partial charge in [-0.25, -0.2) is 15.0 Å². The lowest BCUT2D eigenvalue weighted by atomic mass is 10.0. The van der Waals surface area contributed by atoms with E-state index in [0.29, 0.717) is 0 Å². The smallest absolute Gasteiger partial charge is 0.144 e. The first-order valence-corrected chi connectivity index (χ1v) is 24.8. The van der Waals surface area contributed by atoms with E-state index < -0.39 is 0 Å². The number of benzene rings is 7. The average molecular weight is 945 g/mol. The summed E-state index contributed by atoms with van der Waals surface area (Å²) in [5.74, 6) is 23.2. The molecule has 0 fully saturated rings. The highest BCUT2D eigenvalue weighted by Crippen LogP contribution is 2.31. The van der Waals surface area contributed by atoms with Gasteiger partial charge in [-0.15, -0.1) is 0 Å². The van der Waals surface area contributed by atoms with Crippen molar-refractivity contribution in [3.05, 3.63) is 248 Å². The maximum atomic E-state index is 4.79. The second-order valence-corrected chi connectivity index (χ2v) is 19.1. The fourth-order valence-electron chi connectivity index (χ4n) is 10.2. The van der Waals surface area contributed by atoms with Gasteiger partial charge in [-0.2, -0.15) is 0 Å². The molecule has 0 spiro atoms. The quantitative estimate of drug-likeness (QED) is 0.150. The van der Waals surface area contributed by atoms with Gasteiger partial charge in [0, 0.05) is 87.3 Å². The Balaban J connectivity index is 0.950. The summed E-state index contributed by atoms with van der Waals surface area (Å²) in [5.41, 5.74) is 22.9. The number of rotatable bonds is 7. The van der Waals surface area contributed by atoms with Crippen molar-refractivity contribution in [3.8, 4) is 86.7 Å². The molecular weight excluding hydrogens is 889 g/mol. The van der Waals surface area contributed by atoms with E-state index in [-0.39, 0.29) is 0 Å². The van der Waals surface area contributed by atoms with Crippen LogP contribution in [-0.2, 0) is 6.42 Å². The Morgan fingerprint density at radius 3 is 0.918 bits per heavy atom. The maximum Gasteiger partial charge on any atom is 0.144 e. The molecule has 6 nitrogen and oxygen atoms in total. The molecule has 73 heavy (non-hydrogen) atoms. The van der Waals surface area contributed by atoms with Gasteiger partial charge in [-0.05, 0) is 150 Å². The summed E-state index contributed by atoms with van der Waals surface area (Å²) in [4.78, 5) is 14.3. The standard InChI is InChI=1S/C67H56N6/c1-10-58-40-46(4)39-51(9)64(58)73-34-31-70-67(73)61-27-21-54(22-28-61)13-16-57-42-55(14-11-52-17-23-59(24-18-52)65-68-29-32-71(65)62-47(5)35-44(2)36-48(62)6)41-56(43-57)15-12-53-19-25-60(26-20-53)66-69-30-33-72(66)63-49(7)37-45(3)38-50(63)8/h17-43H,10H2,1-9H3. The molecule has 0 aliphatic heterocycles. The Bertz CT molecular complexity index is 3690. The second kappa shape index (κ2) is 20.3. The minimum absolute atomic E-state index is 0.824. The molecular formula is C67H56N6. The van der Waals surface area contributed by atoms with E-state index in [1.54, 1.807) is 0 Å². The molecule has 0 aliphatic carbocycles. The Labute approximate surface area is 430 Å². The maximum absolute atomic E-state index is 4.79. The Morgan fingerprint density at radius 1 is 0.329 bits per heavy atom. The largest absolute Gasteiger partial charge is 0.299 e. The van der Waals surface area contributed by atoms with Crippen LogP contribution in [0, 0.1) is 90.9 Å². The van der Waals surface area contributed by atoms with Crippen LogP contribution in [0.15, 0.2) is 165 Å². The average Bonchev–Trinajstić information content (AvgIpc) is 4.17. The van der Waals surface area contributed by atoms with Crippen molar-refractivity contribution in [2.75, 3.05) is 0 Å². The lowest BCUT2D eigenvalue weighted by Gasteiger charge is -2.16. The van der Waals surface area contributed by atoms with E-state index in [2.05, 4.69) is 227 Å². The summed E-state index contributed by atoms with van der Waals surface area (Å²) in [6.45, 7) is 19.4. The molecule has 0 unspecified atom stereocenters. The van der Waals surface area contributed by atoms with E-state index in [0.717, 1.165) is 85.3 Å². The lowest BCUT2D eigenvalue weighted by molar-refractivity contribution is 0.992. The first kappa shape index (κ1) is 47.5. The fraction of sp³-hybridized carbons (Fsp3) is 0.149. The van der Waals surface area contributed by atoms with Gasteiger partial charge in [0.2, 0.25) is 0 Å². The molecule has 0 N–H and O–H groups in total. The first-order valence-electron chi connectivity index (χ1n) is 24.8. The Kier molecular flexibility index (Phi) is 13.2. The van der Waals surface area contributed by atoms with Crippen LogP contribution in [0.4, 0.5) is 0 Å². The fourth-order valence-corrected chi connectivity index (χ4v) is 10.2. The number of nitrogens with zero attached hydrogens (tertiary/aromatic N) is 6. The van der Waals surface area contributed by atoms with E-state index in [1.807, 2.05) is 49.2 Å². The van der Waals surface area contributed by atoms with Crippen LogP contribution < -0.4 is 0 Å². The van der Waals surface area contributed by atoms with E-state index in [9.17, 15) is 0 Å². The monoisotopic (exact) mass is 944 g/mol. The summed E-state index contributed by atoms with van der Waals surface area (Å²) in [7, 11) is 0. The van der Waals surface area contributed by atoms with Crippen LogP contribution in [0.25, 0.3) is 51.2 Å². The van der Waals surface area contributed by atoms with Gasteiger partial charge >= 0.3 is 0 Å². The van der Waals surface area contributed by atoms with Gasteiger partial charge in [0.05, 0.1) is 17.1 Å².